The molecule has 2 heterocycles. The molecule has 0 unspecified atom stereocenters. The van der Waals surface area contributed by atoms with E-state index in [2.05, 4.69) is 20.9 Å². The van der Waals surface area contributed by atoms with E-state index < -0.39 is 0 Å². The lowest BCUT2D eigenvalue weighted by Crippen LogP contribution is -2.11. The average Bonchev–Trinajstić information content (AvgIpc) is 2.61. The largest absolute Gasteiger partial charge is 0.506 e. The van der Waals surface area contributed by atoms with Crippen molar-refractivity contribution in [2.75, 3.05) is 13.1 Å². The molecule has 0 atom stereocenters. The molecular weight excluding hydrogens is 296 g/mol. The van der Waals surface area contributed by atoms with Crippen molar-refractivity contribution in [3.05, 3.63) is 32.3 Å². The van der Waals surface area contributed by atoms with Crippen LogP contribution in [-0.2, 0) is 12.8 Å². The number of halogens is 1. The summed E-state index contributed by atoms with van der Waals surface area (Å²) in [4.78, 5) is 14.8. The Morgan fingerprint density at radius 2 is 2.11 bits per heavy atom. The van der Waals surface area contributed by atoms with Crippen molar-refractivity contribution in [2.45, 2.75) is 19.8 Å². The number of aromatic nitrogens is 1. The van der Waals surface area contributed by atoms with Gasteiger partial charge in [0.2, 0.25) is 0 Å². The number of aryl methyl sites for hydroxylation is 1. The number of H-pyrrole nitrogens is 1. The summed E-state index contributed by atoms with van der Waals surface area (Å²) in [7, 11) is 0. The second-order valence-electron chi connectivity index (χ2n) is 4.79. The minimum Gasteiger partial charge on any atom is -0.506 e. The summed E-state index contributed by atoms with van der Waals surface area (Å²) < 4.78 is 1.79. The fourth-order valence-electron chi connectivity index (χ4n) is 2.67. The van der Waals surface area contributed by atoms with Gasteiger partial charge in [0.25, 0.3) is 0 Å². The molecule has 0 radical (unpaired) electrons. The van der Waals surface area contributed by atoms with Gasteiger partial charge < -0.3 is 10.1 Å². The Bertz CT molecular complexity index is 661. The maximum Gasteiger partial charge on any atom is 0.197 e. The van der Waals surface area contributed by atoms with Gasteiger partial charge in [-0.1, -0.05) is 0 Å². The number of hydrogen-bond acceptors (Lipinski definition) is 2. The van der Waals surface area contributed by atoms with E-state index in [0.29, 0.717) is 30.4 Å². The van der Waals surface area contributed by atoms with Crippen LogP contribution < -0.4 is 0 Å². The molecule has 0 fully saturated rings. The predicted molar refractivity (Wildman–Crippen MR) is 73.2 cm³/mol. The lowest BCUT2D eigenvalue weighted by atomic mass is 10.0. The van der Waals surface area contributed by atoms with Crippen LogP contribution in [0.4, 0.5) is 0 Å². The van der Waals surface area contributed by atoms with Crippen molar-refractivity contribution >= 4 is 26.8 Å². The Morgan fingerprint density at radius 1 is 1.39 bits per heavy atom. The molecule has 0 amide bonds. The van der Waals surface area contributed by atoms with Crippen LogP contribution in [0.1, 0.15) is 16.8 Å². The number of nitroso groups, excluding NO2 is 1. The summed E-state index contributed by atoms with van der Waals surface area (Å²) in [6.45, 7) is 3.02. The van der Waals surface area contributed by atoms with Crippen molar-refractivity contribution in [1.82, 2.24) is 4.98 Å². The quantitative estimate of drug-likeness (QED) is 0.735. The monoisotopic (exact) mass is 309 g/mol. The summed E-state index contributed by atoms with van der Waals surface area (Å²) in [5.74, 6) is 0.271. The van der Waals surface area contributed by atoms with Gasteiger partial charge in [-0.25, -0.2) is 0 Å². The molecule has 4 nitrogen and oxygen atoms in total. The maximum absolute atomic E-state index is 11.4. The smallest absolute Gasteiger partial charge is 0.197 e. The molecule has 2 aromatic rings. The SMILES string of the molecule is Cc1cc(Br)c(O)c2c3c([nH]c12)CC[N+](=O)CC3. The normalized spacial score (nSPS) is 15.8. The summed E-state index contributed by atoms with van der Waals surface area (Å²) in [6.07, 6.45) is 1.40. The van der Waals surface area contributed by atoms with Crippen LogP contribution in [0.15, 0.2) is 10.5 Å². The van der Waals surface area contributed by atoms with Crippen LogP contribution in [-0.4, -0.2) is 27.9 Å². The van der Waals surface area contributed by atoms with Crippen LogP contribution in [0.2, 0.25) is 0 Å². The van der Waals surface area contributed by atoms with Gasteiger partial charge in [0.15, 0.2) is 13.1 Å². The molecule has 0 bridgehead atoms. The molecule has 1 aliphatic heterocycles. The number of aromatic hydroxyl groups is 1. The minimum absolute atomic E-state index is 0.271. The fraction of sp³-hybridized carbons (Fsp3) is 0.385. The molecular formula is C13H14BrN2O2+. The number of benzene rings is 1. The van der Waals surface area contributed by atoms with E-state index in [1.165, 1.54) is 0 Å². The number of aromatic amines is 1. The second kappa shape index (κ2) is 4.09. The number of phenols is 1. The first-order chi connectivity index (χ1) is 8.58. The van der Waals surface area contributed by atoms with E-state index in [0.717, 1.165) is 32.5 Å². The van der Waals surface area contributed by atoms with Crippen LogP contribution in [0.3, 0.4) is 0 Å². The van der Waals surface area contributed by atoms with Gasteiger partial charge in [-0.05, 0) is 44.8 Å². The Hall–Kier alpha value is -1.36. The van der Waals surface area contributed by atoms with Gasteiger partial charge in [0.1, 0.15) is 5.75 Å². The highest BCUT2D eigenvalue weighted by atomic mass is 79.9. The first-order valence-corrected chi connectivity index (χ1v) is 6.81. The fourth-order valence-corrected chi connectivity index (χ4v) is 3.21. The third-order valence-corrected chi connectivity index (χ3v) is 4.22. The average molecular weight is 310 g/mol. The zero-order chi connectivity index (χ0) is 12.9. The number of rotatable bonds is 0. The minimum atomic E-state index is 0.271. The zero-order valence-electron chi connectivity index (χ0n) is 10.1. The van der Waals surface area contributed by atoms with Gasteiger partial charge in [-0.15, -0.1) is 0 Å². The van der Waals surface area contributed by atoms with Gasteiger partial charge in [0, 0.05) is 22.4 Å². The lowest BCUT2D eigenvalue weighted by Gasteiger charge is -2.04. The first-order valence-electron chi connectivity index (χ1n) is 6.01. The molecule has 1 aliphatic rings. The maximum atomic E-state index is 11.4. The topological polar surface area (TPSA) is 56.1 Å². The van der Waals surface area contributed by atoms with Crippen molar-refractivity contribution in [3.63, 3.8) is 0 Å². The summed E-state index contributed by atoms with van der Waals surface area (Å²) in [5.41, 5.74) is 4.26. The van der Waals surface area contributed by atoms with Crippen LogP contribution in [0.5, 0.6) is 5.75 Å². The Morgan fingerprint density at radius 3 is 2.89 bits per heavy atom. The number of fused-ring (bicyclic) bond motifs is 3. The number of hydrogen-bond donors (Lipinski definition) is 2. The Kier molecular flexibility index (Phi) is 2.66. The highest BCUT2D eigenvalue weighted by molar-refractivity contribution is 9.10. The molecule has 2 N–H and O–H groups in total. The number of nitrogens with zero attached hydrogens (tertiary/aromatic N) is 1. The predicted octanol–water partition coefficient (Wildman–Crippen LogP) is 2.82. The van der Waals surface area contributed by atoms with Crippen molar-refractivity contribution in [2.24, 2.45) is 0 Å². The molecule has 94 valence electrons. The third kappa shape index (κ3) is 1.65. The molecule has 0 saturated heterocycles. The first kappa shape index (κ1) is 11.7. The van der Waals surface area contributed by atoms with Crippen LogP contribution in [0, 0.1) is 11.8 Å². The molecule has 0 spiro atoms. The summed E-state index contributed by atoms with van der Waals surface area (Å²) in [6, 6.07) is 1.91. The van der Waals surface area contributed by atoms with E-state index in [4.69, 9.17) is 0 Å². The van der Waals surface area contributed by atoms with Crippen molar-refractivity contribution in [1.29, 1.82) is 0 Å². The molecule has 5 heteroatoms. The zero-order valence-corrected chi connectivity index (χ0v) is 11.7. The van der Waals surface area contributed by atoms with Gasteiger partial charge in [0.05, 0.1) is 16.4 Å². The van der Waals surface area contributed by atoms with E-state index in [9.17, 15) is 10.0 Å². The molecule has 1 aromatic carbocycles. The number of phenolic OH excluding ortho intramolecular Hbond substituents is 1. The molecule has 18 heavy (non-hydrogen) atoms. The molecule has 1 aromatic heterocycles. The van der Waals surface area contributed by atoms with Crippen molar-refractivity contribution < 1.29 is 9.87 Å². The number of nitrogens with one attached hydrogen (secondary N) is 1. The summed E-state index contributed by atoms with van der Waals surface area (Å²) >= 11 is 3.38. The van der Waals surface area contributed by atoms with E-state index in [-0.39, 0.29) is 5.75 Å². The van der Waals surface area contributed by atoms with Gasteiger partial charge in [-0.3, -0.25) is 0 Å². The van der Waals surface area contributed by atoms with Gasteiger partial charge in [-0.2, -0.15) is 0 Å². The van der Waals surface area contributed by atoms with Crippen LogP contribution >= 0.6 is 15.9 Å². The third-order valence-electron chi connectivity index (χ3n) is 3.61. The van der Waals surface area contributed by atoms with Crippen molar-refractivity contribution in [3.8, 4) is 5.75 Å². The lowest BCUT2D eigenvalue weighted by molar-refractivity contribution is -0.546. The van der Waals surface area contributed by atoms with Crippen LogP contribution in [0.25, 0.3) is 10.9 Å². The molecule has 0 saturated carbocycles. The second-order valence-corrected chi connectivity index (χ2v) is 5.64. The van der Waals surface area contributed by atoms with Gasteiger partial charge >= 0.3 is 0 Å². The Balaban J connectivity index is 2.31. The standard InChI is InChI=1S/C13H13BrN2O2/c1-7-6-9(14)13(17)11-8-2-4-16(18)5-3-10(8)15-12(7)11/h6,15H,2-5H2,1H3/p+1. The molecule has 3 rings (SSSR count). The van der Waals surface area contributed by atoms with E-state index in [1.807, 2.05) is 13.0 Å². The van der Waals surface area contributed by atoms with E-state index in [1.54, 1.807) is 0 Å². The molecule has 0 aliphatic carbocycles. The van der Waals surface area contributed by atoms with E-state index >= 15 is 0 Å². The Labute approximate surface area is 113 Å². The highest BCUT2D eigenvalue weighted by Crippen LogP contribution is 2.39. The highest BCUT2D eigenvalue weighted by Gasteiger charge is 2.24. The summed E-state index contributed by atoms with van der Waals surface area (Å²) in [5, 5.41) is 11.1.